The van der Waals surface area contributed by atoms with Crippen molar-refractivity contribution in [2.45, 2.75) is 75.2 Å². The van der Waals surface area contributed by atoms with Crippen LogP contribution in [0.1, 0.15) is 55.0 Å². The standard InChI is InChI=1S/C28H37F3N6O4S.ClH/c1-37(24-19-11-18(13-28(29,30)31)42-26(19)34-27(33-24)41-4)21-9-17(10-22(21)38)32-14-15-5-7-16(8-6-15)20-12-23(39-2)25(40-3)36-35-20;/h11-12,15-17,21-22,32,38H,5-10,13-14H2,1-4H3;1H/t15?,16?,17-,21+,22-;/m1./s1. The number of alkyl halides is 3. The molecule has 43 heavy (non-hydrogen) atoms. The molecule has 2 saturated carbocycles. The largest absolute Gasteiger partial charge is 0.491 e. The van der Waals surface area contributed by atoms with Crippen LogP contribution < -0.4 is 24.4 Å². The van der Waals surface area contributed by atoms with Crippen LogP contribution in [0, 0.1) is 5.92 Å². The van der Waals surface area contributed by atoms with Crippen molar-refractivity contribution in [3.63, 3.8) is 0 Å². The van der Waals surface area contributed by atoms with Gasteiger partial charge in [0.05, 0.1) is 51.0 Å². The second kappa shape index (κ2) is 14.0. The fraction of sp³-hybridized carbons (Fsp3) is 0.643. The van der Waals surface area contributed by atoms with Crippen LogP contribution in [0.15, 0.2) is 12.1 Å². The first-order valence-corrected chi connectivity index (χ1v) is 14.9. The van der Waals surface area contributed by atoms with Crippen molar-refractivity contribution < 1.29 is 32.5 Å². The van der Waals surface area contributed by atoms with Crippen molar-refractivity contribution in [2.24, 2.45) is 5.92 Å². The minimum absolute atomic E-state index is 0. The number of halogens is 4. The van der Waals surface area contributed by atoms with Crippen LogP contribution in [0.2, 0.25) is 0 Å². The summed E-state index contributed by atoms with van der Waals surface area (Å²) in [7, 11) is 6.38. The average molecular weight is 647 g/mol. The third-order valence-electron chi connectivity index (χ3n) is 8.41. The van der Waals surface area contributed by atoms with E-state index in [0.717, 1.165) is 49.3 Å². The van der Waals surface area contributed by atoms with E-state index in [0.29, 0.717) is 52.3 Å². The zero-order chi connectivity index (χ0) is 30.0. The minimum Gasteiger partial charge on any atom is -0.491 e. The van der Waals surface area contributed by atoms with Gasteiger partial charge >= 0.3 is 12.2 Å². The third-order valence-corrected chi connectivity index (χ3v) is 9.44. The van der Waals surface area contributed by atoms with Crippen molar-refractivity contribution in [3.8, 4) is 17.6 Å². The van der Waals surface area contributed by atoms with Gasteiger partial charge in [-0.3, -0.25) is 0 Å². The summed E-state index contributed by atoms with van der Waals surface area (Å²) in [5.74, 6) is 2.28. The van der Waals surface area contributed by atoms with Gasteiger partial charge in [-0.05, 0) is 57.1 Å². The maximum Gasteiger partial charge on any atom is 0.393 e. The third kappa shape index (κ3) is 7.70. The molecule has 2 fully saturated rings. The van der Waals surface area contributed by atoms with Crippen molar-refractivity contribution >= 4 is 39.8 Å². The van der Waals surface area contributed by atoms with E-state index in [1.807, 2.05) is 18.0 Å². The molecule has 0 aliphatic heterocycles. The number of hydrogen-bond donors (Lipinski definition) is 2. The molecule has 2 N–H and O–H groups in total. The molecule has 2 aliphatic rings. The summed E-state index contributed by atoms with van der Waals surface area (Å²) in [6, 6.07) is 3.36. The van der Waals surface area contributed by atoms with Gasteiger partial charge in [0.2, 0.25) is 0 Å². The predicted octanol–water partition coefficient (Wildman–Crippen LogP) is 4.93. The van der Waals surface area contributed by atoms with Crippen molar-refractivity contribution in [3.05, 3.63) is 22.7 Å². The van der Waals surface area contributed by atoms with Gasteiger partial charge in [0.15, 0.2) is 5.75 Å². The lowest BCUT2D eigenvalue weighted by Gasteiger charge is -2.30. The summed E-state index contributed by atoms with van der Waals surface area (Å²) >= 11 is 0.983. The van der Waals surface area contributed by atoms with Crippen molar-refractivity contribution in [1.29, 1.82) is 0 Å². The van der Waals surface area contributed by atoms with Crippen LogP contribution in [0.3, 0.4) is 0 Å². The van der Waals surface area contributed by atoms with E-state index >= 15 is 0 Å². The highest BCUT2D eigenvalue weighted by Gasteiger charge is 2.38. The Morgan fingerprint density at radius 3 is 2.42 bits per heavy atom. The highest BCUT2D eigenvalue weighted by Crippen LogP contribution is 2.39. The van der Waals surface area contributed by atoms with Gasteiger partial charge in [-0.1, -0.05) is 0 Å². The molecule has 0 radical (unpaired) electrons. The van der Waals surface area contributed by atoms with E-state index in [2.05, 4.69) is 25.5 Å². The molecule has 0 amide bonds. The summed E-state index contributed by atoms with van der Waals surface area (Å²) in [4.78, 5) is 11.2. The first-order chi connectivity index (χ1) is 20.1. The molecule has 0 aromatic carbocycles. The second-order valence-corrected chi connectivity index (χ2v) is 12.3. The Labute approximate surface area is 258 Å². The van der Waals surface area contributed by atoms with E-state index in [1.165, 1.54) is 13.2 Å². The minimum atomic E-state index is -4.32. The molecule has 15 heteroatoms. The van der Waals surface area contributed by atoms with Crippen molar-refractivity contribution in [1.82, 2.24) is 25.5 Å². The van der Waals surface area contributed by atoms with E-state index in [-0.39, 0.29) is 35.4 Å². The molecular weight excluding hydrogens is 609 g/mol. The average Bonchev–Trinajstić information content (AvgIpc) is 3.55. The molecule has 0 saturated heterocycles. The second-order valence-electron chi connectivity index (χ2n) is 11.1. The molecule has 0 spiro atoms. The molecule has 238 valence electrons. The number of nitrogens with one attached hydrogen (secondary N) is 1. The highest BCUT2D eigenvalue weighted by atomic mass is 35.5. The van der Waals surface area contributed by atoms with Gasteiger partial charge in [0.25, 0.3) is 5.88 Å². The number of ether oxygens (including phenoxy) is 3. The molecule has 3 aromatic heterocycles. The molecule has 3 aromatic rings. The van der Waals surface area contributed by atoms with Gasteiger partial charge < -0.3 is 29.5 Å². The molecule has 3 heterocycles. The number of methoxy groups -OCH3 is 3. The summed E-state index contributed by atoms with van der Waals surface area (Å²) in [6.07, 6.45) is -0.553. The van der Waals surface area contributed by atoms with Gasteiger partial charge in [-0.2, -0.15) is 28.2 Å². The summed E-state index contributed by atoms with van der Waals surface area (Å²) < 4.78 is 55.0. The fourth-order valence-electron chi connectivity index (χ4n) is 6.18. The number of fused-ring (bicyclic) bond motifs is 1. The van der Waals surface area contributed by atoms with E-state index in [4.69, 9.17) is 14.2 Å². The number of anilines is 1. The number of rotatable bonds is 10. The van der Waals surface area contributed by atoms with E-state index < -0.39 is 18.7 Å². The maximum absolute atomic E-state index is 13.1. The molecule has 5 rings (SSSR count). The molecular formula is C28H38ClF3N6O4S. The summed E-state index contributed by atoms with van der Waals surface area (Å²) in [5, 5.41) is 23.7. The Hall–Kier alpha value is -2.68. The first-order valence-electron chi connectivity index (χ1n) is 14.1. The lowest BCUT2D eigenvalue weighted by atomic mass is 9.80. The lowest BCUT2D eigenvalue weighted by molar-refractivity contribution is -0.126. The van der Waals surface area contributed by atoms with Gasteiger partial charge in [0, 0.05) is 30.0 Å². The van der Waals surface area contributed by atoms with Crippen LogP contribution in [-0.4, -0.2) is 84.6 Å². The van der Waals surface area contributed by atoms with Crippen LogP contribution in [-0.2, 0) is 6.42 Å². The number of thiophene rings is 1. The Bertz CT molecular complexity index is 1370. The highest BCUT2D eigenvalue weighted by molar-refractivity contribution is 7.18. The molecule has 10 nitrogen and oxygen atoms in total. The van der Waals surface area contributed by atoms with E-state index in [9.17, 15) is 18.3 Å². The normalized spacial score (nSPS) is 24.0. The SMILES string of the molecule is COc1nc(N(C)[C@H]2C[C@@H](NCC3CCC(c4cc(OC)c(OC)nn4)CC3)C[C@H]2O)c2cc(CC(F)(F)F)sc2n1.Cl. The number of aromatic nitrogens is 4. The predicted molar refractivity (Wildman–Crippen MR) is 160 cm³/mol. The van der Waals surface area contributed by atoms with Crippen LogP contribution >= 0.6 is 23.7 Å². The smallest absolute Gasteiger partial charge is 0.393 e. The monoisotopic (exact) mass is 646 g/mol. The van der Waals surface area contributed by atoms with Crippen LogP contribution in [0.4, 0.5) is 19.0 Å². The summed E-state index contributed by atoms with van der Waals surface area (Å²) in [5.41, 5.74) is 0.926. The number of aliphatic hydroxyl groups excluding tert-OH is 1. The quantitative estimate of drug-likeness (QED) is 0.314. The first kappa shape index (κ1) is 33.2. The van der Waals surface area contributed by atoms with Crippen molar-refractivity contribution in [2.75, 3.05) is 39.8 Å². The van der Waals surface area contributed by atoms with Gasteiger partial charge in [-0.25, -0.2) is 0 Å². The van der Waals surface area contributed by atoms with Gasteiger partial charge in [-0.15, -0.1) is 28.8 Å². The number of nitrogens with zero attached hydrogens (tertiary/aromatic N) is 5. The Kier molecular flexibility index (Phi) is 10.8. The zero-order valence-corrected chi connectivity index (χ0v) is 26.2. The molecule has 2 aliphatic carbocycles. The number of aliphatic hydroxyl groups is 1. The van der Waals surface area contributed by atoms with E-state index in [1.54, 1.807) is 14.2 Å². The van der Waals surface area contributed by atoms with Crippen LogP contribution in [0.25, 0.3) is 10.2 Å². The summed E-state index contributed by atoms with van der Waals surface area (Å²) in [6.45, 7) is 0.856. The Morgan fingerprint density at radius 2 is 1.77 bits per heavy atom. The Morgan fingerprint density at radius 1 is 1.02 bits per heavy atom. The maximum atomic E-state index is 13.1. The zero-order valence-electron chi connectivity index (χ0n) is 24.6. The van der Waals surface area contributed by atoms with Gasteiger partial charge in [0.1, 0.15) is 10.6 Å². The lowest BCUT2D eigenvalue weighted by Crippen LogP contribution is -2.39. The van der Waals surface area contributed by atoms with Crippen LogP contribution in [0.5, 0.6) is 17.6 Å². The Balaban J connectivity index is 0.00000423. The topological polar surface area (TPSA) is 115 Å². The molecule has 3 atom stereocenters. The molecule has 0 unspecified atom stereocenters. The number of likely N-dealkylation sites (N-methyl/N-ethyl adjacent to an activating group) is 1. The number of hydrogen-bond acceptors (Lipinski definition) is 11. The fourth-order valence-corrected chi connectivity index (χ4v) is 7.22. The molecule has 0 bridgehead atoms.